The fraction of sp³-hybridized carbons (Fsp3) is 0. The van der Waals surface area contributed by atoms with E-state index in [0.29, 0.717) is 0 Å². The molecule has 0 saturated heterocycles. The molecule has 0 aliphatic carbocycles. The standard InChI is InChI=1S/C8H6N4Si2/c1-2-10-6-5(9-1)13-7-8(14-6)12-4-3-11-7/h1-4,13-14H. The second kappa shape index (κ2) is 3.07. The van der Waals surface area contributed by atoms with Crippen molar-refractivity contribution in [3.8, 4) is 0 Å². The summed E-state index contributed by atoms with van der Waals surface area (Å²) in [6.07, 6.45) is 7.03. The van der Waals surface area contributed by atoms with Gasteiger partial charge in [-0.25, -0.2) is 0 Å². The Hall–Kier alpha value is -1.41. The van der Waals surface area contributed by atoms with Crippen LogP contribution < -0.4 is 0 Å². The van der Waals surface area contributed by atoms with E-state index in [-0.39, 0.29) is 18.2 Å². The molecule has 3 aromatic heterocycles. The Morgan fingerprint density at radius 3 is 1.14 bits per heavy atom. The maximum Gasteiger partial charge on any atom is 0.0912 e. The monoisotopic (exact) mass is 214 g/mol. The Bertz CT molecular complexity index is 508. The van der Waals surface area contributed by atoms with E-state index < -0.39 is 0 Å². The third kappa shape index (κ3) is 1.19. The minimum Gasteiger partial charge on any atom is -0.259 e. The Balaban J connectivity index is 2.52. The Morgan fingerprint density at radius 2 is 0.857 bits per heavy atom. The van der Waals surface area contributed by atoms with Gasteiger partial charge in [0.05, 0.1) is 38.7 Å². The molecule has 0 fully saturated rings. The van der Waals surface area contributed by atoms with Gasteiger partial charge in [-0.1, -0.05) is 0 Å². The molecule has 0 spiro atoms. The molecule has 0 aliphatic heterocycles. The average molecular weight is 214 g/mol. The van der Waals surface area contributed by atoms with Crippen LogP contribution in [0.1, 0.15) is 0 Å². The summed E-state index contributed by atoms with van der Waals surface area (Å²) in [5.74, 6) is 0. The van der Waals surface area contributed by atoms with Gasteiger partial charge in [-0.3, -0.25) is 19.9 Å². The van der Waals surface area contributed by atoms with E-state index in [1.165, 1.54) is 0 Å². The van der Waals surface area contributed by atoms with Crippen molar-refractivity contribution in [3.05, 3.63) is 24.8 Å². The Kier molecular flexibility index (Phi) is 1.74. The van der Waals surface area contributed by atoms with Gasteiger partial charge in [0, 0.05) is 24.8 Å². The van der Waals surface area contributed by atoms with E-state index >= 15 is 0 Å². The van der Waals surface area contributed by atoms with Gasteiger partial charge in [0.2, 0.25) is 0 Å². The molecule has 0 N–H and O–H groups in total. The van der Waals surface area contributed by atoms with Crippen LogP contribution in [-0.2, 0) is 0 Å². The van der Waals surface area contributed by atoms with Crippen LogP contribution in [0.4, 0.5) is 0 Å². The van der Waals surface area contributed by atoms with Crippen LogP contribution in [-0.4, -0.2) is 38.2 Å². The van der Waals surface area contributed by atoms with Crippen molar-refractivity contribution in [2.75, 3.05) is 0 Å². The summed E-state index contributed by atoms with van der Waals surface area (Å²) in [5.41, 5.74) is 0. The zero-order chi connectivity index (χ0) is 9.38. The minimum atomic E-state index is -0.00185. The summed E-state index contributed by atoms with van der Waals surface area (Å²) in [6.45, 7) is 0. The molecule has 0 unspecified atom stereocenters. The molecule has 3 aromatic rings. The normalized spacial score (nSPS) is 10.9. The highest BCUT2D eigenvalue weighted by molar-refractivity contribution is 6.72. The van der Waals surface area contributed by atoms with Crippen molar-refractivity contribution in [3.63, 3.8) is 0 Å². The first-order valence-corrected chi connectivity index (χ1v) is 6.56. The van der Waals surface area contributed by atoms with E-state index in [1.54, 1.807) is 24.8 Å². The lowest BCUT2D eigenvalue weighted by atomic mass is 10.7. The van der Waals surface area contributed by atoms with Crippen molar-refractivity contribution >= 4 is 38.7 Å². The number of fused-ring (bicyclic) bond motifs is 2. The zero-order valence-electron chi connectivity index (χ0n) is 7.25. The summed E-state index contributed by atoms with van der Waals surface area (Å²) in [7, 11) is -0.00370. The number of hydrogen-bond donors (Lipinski definition) is 0. The van der Waals surface area contributed by atoms with Crippen LogP contribution >= 0.6 is 0 Å². The molecule has 0 radical (unpaired) electrons. The minimum absolute atomic E-state index is 0.00185. The summed E-state index contributed by atoms with van der Waals surface area (Å²) >= 11 is 0. The first kappa shape index (κ1) is 7.95. The highest BCUT2D eigenvalue weighted by Crippen LogP contribution is 2.05. The van der Waals surface area contributed by atoms with Crippen LogP contribution in [0.25, 0.3) is 20.5 Å². The first-order valence-electron chi connectivity index (χ1n) is 4.25. The number of nitrogens with zero attached hydrogens (tertiary/aromatic N) is 4. The molecule has 0 aromatic carbocycles. The van der Waals surface area contributed by atoms with E-state index in [1.807, 2.05) is 0 Å². The SMILES string of the molecule is c1cnc2[siH]c3nccnc3[siH]c2n1. The molecule has 0 atom stereocenters. The van der Waals surface area contributed by atoms with Gasteiger partial charge in [-0.2, -0.15) is 0 Å². The number of hydrogen-bond acceptors (Lipinski definition) is 4. The smallest absolute Gasteiger partial charge is 0.0912 e. The largest absolute Gasteiger partial charge is 0.259 e. The fourth-order valence-corrected chi connectivity index (χ4v) is 4.47. The quantitative estimate of drug-likeness (QED) is 0.381. The average Bonchev–Trinajstić information content (AvgIpc) is 2.26. The van der Waals surface area contributed by atoms with E-state index in [0.717, 1.165) is 20.5 Å². The highest BCUT2D eigenvalue weighted by atomic mass is 28.2. The molecular formula is C8H6N4Si2. The number of rotatable bonds is 0. The van der Waals surface area contributed by atoms with Crippen LogP contribution in [0, 0.1) is 0 Å². The van der Waals surface area contributed by atoms with E-state index in [2.05, 4.69) is 19.9 Å². The molecule has 0 aliphatic rings. The van der Waals surface area contributed by atoms with Crippen LogP contribution in [0.2, 0.25) is 0 Å². The maximum absolute atomic E-state index is 4.35. The van der Waals surface area contributed by atoms with Gasteiger partial charge < -0.3 is 0 Å². The highest BCUT2D eigenvalue weighted by Gasteiger charge is 1.99. The van der Waals surface area contributed by atoms with Gasteiger partial charge >= 0.3 is 0 Å². The molecule has 0 saturated carbocycles. The summed E-state index contributed by atoms with van der Waals surface area (Å²) < 4.78 is 0. The Labute approximate surface area is 84.0 Å². The van der Waals surface area contributed by atoms with Crippen molar-refractivity contribution in [1.29, 1.82) is 0 Å². The lowest BCUT2D eigenvalue weighted by Crippen LogP contribution is -1.96. The van der Waals surface area contributed by atoms with Crippen LogP contribution in [0.5, 0.6) is 0 Å². The summed E-state index contributed by atoms with van der Waals surface area (Å²) in [6, 6.07) is 0. The molecule has 0 amide bonds. The molecule has 0 bridgehead atoms. The van der Waals surface area contributed by atoms with Gasteiger partial charge in [0.1, 0.15) is 0 Å². The first-order chi connectivity index (χ1) is 6.93. The molecule has 66 valence electrons. The van der Waals surface area contributed by atoms with Crippen LogP contribution in [0.3, 0.4) is 0 Å². The summed E-state index contributed by atoms with van der Waals surface area (Å²) in [4.78, 5) is 17.4. The molecule has 6 heteroatoms. The third-order valence-electron chi connectivity index (χ3n) is 2.06. The fourth-order valence-electron chi connectivity index (χ4n) is 1.42. The second-order valence-corrected chi connectivity index (χ2v) is 5.71. The lowest BCUT2D eigenvalue weighted by Gasteiger charge is -1.97. The molecule has 14 heavy (non-hydrogen) atoms. The van der Waals surface area contributed by atoms with E-state index in [9.17, 15) is 0 Å². The van der Waals surface area contributed by atoms with Gasteiger partial charge in [0.15, 0.2) is 0 Å². The van der Waals surface area contributed by atoms with Crippen molar-refractivity contribution in [2.45, 2.75) is 0 Å². The predicted octanol–water partition coefficient (Wildman–Crippen LogP) is -0.286. The van der Waals surface area contributed by atoms with Gasteiger partial charge in [-0.05, 0) is 0 Å². The summed E-state index contributed by atoms with van der Waals surface area (Å²) in [5, 5.41) is 4.59. The predicted molar refractivity (Wildman–Crippen MR) is 58.1 cm³/mol. The molecule has 3 rings (SSSR count). The van der Waals surface area contributed by atoms with Crippen molar-refractivity contribution in [2.24, 2.45) is 0 Å². The number of aromatic nitrogens is 4. The maximum atomic E-state index is 4.35. The van der Waals surface area contributed by atoms with E-state index in [4.69, 9.17) is 0 Å². The van der Waals surface area contributed by atoms with Gasteiger partial charge in [0.25, 0.3) is 0 Å². The lowest BCUT2D eigenvalue weighted by molar-refractivity contribution is 1.31. The van der Waals surface area contributed by atoms with Gasteiger partial charge in [-0.15, -0.1) is 0 Å². The molecular weight excluding hydrogens is 208 g/mol. The topological polar surface area (TPSA) is 51.6 Å². The Morgan fingerprint density at radius 1 is 0.571 bits per heavy atom. The zero-order valence-corrected chi connectivity index (χ0v) is 9.56. The second-order valence-electron chi connectivity index (χ2n) is 2.94. The third-order valence-corrected chi connectivity index (χ3v) is 5.60. The van der Waals surface area contributed by atoms with Crippen molar-refractivity contribution in [1.82, 2.24) is 19.9 Å². The molecule has 4 nitrogen and oxygen atoms in total. The molecule has 3 heterocycles. The van der Waals surface area contributed by atoms with Crippen LogP contribution in [0.15, 0.2) is 24.8 Å². The van der Waals surface area contributed by atoms with Crippen molar-refractivity contribution < 1.29 is 0 Å².